The van der Waals surface area contributed by atoms with Crippen LogP contribution in [0, 0.1) is 5.41 Å². The first-order valence-electron chi connectivity index (χ1n) is 6.83. The van der Waals surface area contributed by atoms with E-state index in [1.165, 1.54) is 20.8 Å². The maximum absolute atomic E-state index is 13.9. The number of hydrogen-bond acceptors (Lipinski definition) is 2. The van der Waals surface area contributed by atoms with Crippen LogP contribution in [0.4, 0.5) is 8.78 Å². The molecule has 0 spiro atoms. The van der Waals surface area contributed by atoms with Gasteiger partial charge in [0.05, 0.1) is 12.0 Å². The van der Waals surface area contributed by atoms with Crippen LogP contribution in [0.2, 0.25) is 0 Å². The fourth-order valence-corrected chi connectivity index (χ4v) is 2.18. The Hall–Kier alpha value is -1.16. The number of benzene rings is 1. The smallest absolute Gasteiger partial charge is 0.360 e. The number of fused-ring (bicyclic) bond motifs is 1. The lowest BCUT2D eigenvalue weighted by Crippen LogP contribution is -2.36. The summed E-state index contributed by atoms with van der Waals surface area (Å²) in [5.74, 6) is 0.696. The van der Waals surface area contributed by atoms with Crippen molar-refractivity contribution in [2.75, 3.05) is 0 Å². The third kappa shape index (κ3) is 2.95. The van der Waals surface area contributed by atoms with Gasteiger partial charge in [-0.1, -0.05) is 39.0 Å². The molecule has 0 radical (unpaired) electrons. The Morgan fingerprint density at radius 3 is 2.50 bits per heavy atom. The lowest BCUT2D eigenvalue weighted by atomic mass is 9.95. The van der Waals surface area contributed by atoms with Crippen molar-refractivity contribution in [2.45, 2.75) is 59.4 Å². The van der Waals surface area contributed by atoms with Gasteiger partial charge in [0.1, 0.15) is 11.4 Å². The highest BCUT2D eigenvalue weighted by molar-refractivity contribution is 5.45. The van der Waals surface area contributed by atoms with Crippen molar-refractivity contribution in [2.24, 2.45) is 5.41 Å². The second kappa shape index (κ2) is 4.69. The van der Waals surface area contributed by atoms with E-state index in [1.807, 2.05) is 26.0 Å². The van der Waals surface area contributed by atoms with Crippen LogP contribution in [0.15, 0.2) is 18.2 Å². The van der Waals surface area contributed by atoms with Gasteiger partial charge in [-0.15, -0.1) is 0 Å². The summed E-state index contributed by atoms with van der Waals surface area (Å²) in [6, 6.07) is 5.60. The SMILES string of the molecule is CC1(C)Cc2cccc(COC(F)(F)C(C)(C)C)c2O1. The van der Waals surface area contributed by atoms with Crippen LogP contribution in [0.25, 0.3) is 0 Å². The Kier molecular flexibility index (Phi) is 3.57. The molecule has 0 aromatic heterocycles. The standard InChI is InChI=1S/C16H22F2O2/c1-14(2,3)16(17,18)19-10-12-8-6-7-11-9-15(4,5)20-13(11)12/h6-8H,9-10H2,1-5H3. The summed E-state index contributed by atoms with van der Waals surface area (Å²) >= 11 is 0. The van der Waals surface area contributed by atoms with Crippen molar-refractivity contribution in [3.8, 4) is 5.75 Å². The van der Waals surface area contributed by atoms with Crippen molar-refractivity contribution in [3.05, 3.63) is 29.3 Å². The van der Waals surface area contributed by atoms with Gasteiger partial charge >= 0.3 is 6.11 Å². The highest BCUT2D eigenvalue weighted by Crippen LogP contribution is 2.41. The van der Waals surface area contributed by atoms with Crippen molar-refractivity contribution in [1.29, 1.82) is 0 Å². The Labute approximate surface area is 119 Å². The van der Waals surface area contributed by atoms with Crippen LogP contribution < -0.4 is 4.74 Å². The van der Waals surface area contributed by atoms with E-state index in [0.29, 0.717) is 11.3 Å². The van der Waals surface area contributed by atoms with E-state index >= 15 is 0 Å². The van der Waals surface area contributed by atoms with E-state index in [4.69, 9.17) is 9.47 Å². The van der Waals surface area contributed by atoms with Crippen LogP contribution in [-0.4, -0.2) is 11.7 Å². The summed E-state index contributed by atoms with van der Waals surface area (Å²) in [7, 11) is 0. The molecule has 0 fully saturated rings. The maximum atomic E-state index is 13.9. The molecule has 1 aromatic carbocycles. The van der Waals surface area contributed by atoms with Gasteiger partial charge in [0.25, 0.3) is 0 Å². The predicted molar refractivity (Wildman–Crippen MR) is 74.0 cm³/mol. The fraction of sp³-hybridized carbons (Fsp3) is 0.625. The number of para-hydroxylation sites is 1. The summed E-state index contributed by atoms with van der Waals surface area (Å²) in [6.07, 6.45) is -2.39. The molecule has 0 amide bonds. The molecule has 0 atom stereocenters. The molecule has 0 saturated carbocycles. The molecular weight excluding hydrogens is 262 g/mol. The number of hydrogen-bond donors (Lipinski definition) is 0. The monoisotopic (exact) mass is 284 g/mol. The van der Waals surface area contributed by atoms with Crippen LogP contribution in [0.3, 0.4) is 0 Å². The number of ether oxygens (including phenoxy) is 2. The van der Waals surface area contributed by atoms with Crippen LogP contribution >= 0.6 is 0 Å². The van der Waals surface area contributed by atoms with Gasteiger partial charge in [0.2, 0.25) is 0 Å². The minimum absolute atomic E-state index is 0.149. The third-order valence-electron chi connectivity index (χ3n) is 3.45. The normalized spacial score (nSPS) is 17.8. The molecule has 1 aromatic rings. The lowest BCUT2D eigenvalue weighted by molar-refractivity contribution is -0.301. The van der Waals surface area contributed by atoms with E-state index < -0.39 is 11.5 Å². The van der Waals surface area contributed by atoms with Gasteiger partial charge < -0.3 is 9.47 Å². The average molecular weight is 284 g/mol. The molecule has 0 unspecified atom stereocenters. The quantitative estimate of drug-likeness (QED) is 0.810. The highest BCUT2D eigenvalue weighted by Gasteiger charge is 2.44. The van der Waals surface area contributed by atoms with Crippen molar-refractivity contribution in [3.63, 3.8) is 0 Å². The summed E-state index contributed by atoms with van der Waals surface area (Å²) in [4.78, 5) is 0. The van der Waals surface area contributed by atoms with Crippen LogP contribution in [0.5, 0.6) is 5.75 Å². The molecule has 0 bridgehead atoms. The van der Waals surface area contributed by atoms with Crippen LogP contribution in [-0.2, 0) is 17.8 Å². The van der Waals surface area contributed by atoms with E-state index in [1.54, 1.807) is 6.07 Å². The van der Waals surface area contributed by atoms with Gasteiger partial charge in [-0.25, -0.2) is 0 Å². The second-order valence-electron chi connectivity index (χ2n) is 7.00. The number of alkyl halides is 2. The molecule has 1 aliphatic heterocycles. The topological polar surface area (TPSA) is 18.5 Å². The zero-order valence-electron chi connectivity index (χ0n) is 12.7. The summed E-state index contributed by atoms with van der Waals surface area (Å²) in [6.45, 7) is 8.21. The predicted octanol–water partition coefficient (Wildman–Crippen LogP) is 4.56. The molecule has 2 nitrogen and oxygen atoms in total. The van der Waals surface area contributed by atoms with Crippen LogP contribution in [0.1, 0.15) is 45.7 Å². The summed E-state index contributed by atoms with van der Waals surface area (Å²) in [5.41, 5.74) is 0.211. The zero-order chi connectivity index (χ0) is 15.2. The van der Waals surface area contributed by atoms with Crippen molar-refractivity contribution in [1.82, 2.24) is 0 Å². The highest BCUT2D eigenvalue weighted by atomic mass is 19.3. The van der Waals surface area contributed by atoms with Gasteiger partial charge in [-0.05, 0) is 19.4 Å². The Morgan fingerprint density at radius 2 is 1.90 bits per heavy atom. The molecular formula is C16H22F2O2. The molecule has 0 saturated heterocycles. The lowest BCUT2D eigenvalue weighted by Gasteiger charge is -2.30. The molecule has 112 valence electrons. The summed E-state index contributed by atoms with van der Waals surface area (Å²) in [5, 5.41) is 0. The molecule has 0 aliphatic carbocycles. The van der Waals surface area contributed by atoms with Gasteiger partial charge in [0, 0.05) is 12.0 Å². The van der Waals surface area contributed by atoms with E-state index in [2.05, 4.69) is 0 Å². The van der Waals surface area contributed by atoms with Gasteiger partial charge in [-0.2, -0.15) is 8.78 Å². The average Bonchev–Trinajstić information content (AvgIpc) is 2.59. The Balaban J connectivity index is 2.16. The first kappa shape index (κ1) is 15.2. The van der Waals surface area contributed by atoms with E-state index in [-0.39, 0.29) is 12.2 Å². The van der Waals surface area contributed by atoms with Gasteiger partial charge in [0.15, 0.2) is 0 Å². The fourth-order valence-electron chi connectivity index (χ4n) is 2.18. The minimum atomic E-state index is -3.18. The molecule has 1 aliphatic rings. The van der Waals surface area contributed by atoms with E-state index in [9.17, 15) is 8.78 Å². The Morgan fingerprint density at radius 1 is 1.25 bits per heavy atom. The molecule has 2 rings (SSSR count). The van der Waals surface area contributed by atoms with E-state index in [0.717, 1.165) is 12.0 Å². The minimum Gasteiger partial charge on any atom is -0.487 e. The second-order valence-corrected chi connectivity index (χ2v) is 7.00. The Bertz CT molecular complexity index is 502. The first-order chi connectivity index (χ1) is 9.02. The molecule has 4 heteroatoms. The van der Waals surface area contributed by atoms with Crippen molar-refractivity contribution < 1.29 is 18.3 Å². The zero-order valence-corrected chi connectivity index (χ0v) is 12.7. The molecule has 20 heavy (non-hydrogen) atoms. The first-order valence-corrected chi connectivity index (χ1v) is 6.83. The number of rotatable bonds is 3. The number of halogens is 2. The van der Waals surface area contributed by atoms with Gasteiger partial charge in [-0.3, -0.25) is 0 Å². The molecule has 1 heterocycles. The summed E-state index contributed by atoms with van der Waals surface area (Å²) < 4.78 is 38.4. The third-order valence-corrected chi connectivity index (χ3v) is 3.45. The van der Waals surface area contributed by atoms with Crippen molar-refractivity contribution >= 4 is 0 Å². The molecule has 0 N–H and O–H groups in total. The largest absolute Gasteiger partial charge is 0.487 e. The maximum Gasteiger partial charge on any atom is 0.360 e.